The number of nitrogens with zero attached hydrogens (tertiary/aromatic N) is 4. The van der Waals surface area contributed by atoms with Crippen LogP contribution in [0.1, 0.15) is 37.1 Å². The van der Waals surface area contributed by atoms with Gasteiger partial charge in [0.1, 0.15) is 17.9 Å². The first-order valence-corrected chi connectivity index (χ1v) is 9.29. The van der Waals surface area contributed by atoms with Gasteiger partial charge in [-0.1, -0.05) is 25.0 Å². The van der Waals surface area contributed by atoms with Crippen molar-refractivity contribution < 1.29 is 9.72 Å². The van der Waals surface area contributed by atoms with Crippen LogP contribution < -0.4 is 10.2 Å². The minimum absolute atomic E-state index is 0.0345. The largest absolute Gasteiger partial charge is 0.370 e. The fourth-order valence-electron chi connectivity index (χ4n) is 3.60. The van der Waals surface area contributed by atoms with Gasteiger partial charge >= 0.3 is 5.69 Å². The molecule has 0 radical (unpaired) electrons. The van der Waals surface area contributed by atoms with Crippen LogP contribution in [0.2, 0.25) is 0 Å². The van der Waals surface area contributed by atoms with Gasteiger partial charge < -0.3 is 10.2 Å². The first-order chi connectivity index (χ1) is 13.0. The van der Waals surface area contributed by atoms with Crippen LogP contribution >= 0.6 is 0 Å². The molecule has 0 unspecified atom stereocenters. The molecule has 8 heteroatoms. The van der Waals surface area contributed by atoms with E-state index >= 15 is 0 Å². The van der Waals surface area contributed by atoms with Gasteiger partial charge in [-0.3, -0.25) is 19.6 Å². The summed E-state index contributed by atoms with van der Waals surface area (Å²) >= 11 is 0. The Morgan fingerprint density at radius 3 is 2.48 bits per heavy atom. The van der Waals surface area contributed by atoms with Crippen molar-refractivity contribution in [2.24, 2.45) is 0 Å². The number of aryl methyl sites for hydroxylation is 1. The van der Waals surface area contributed by atoms with E-state index in [0.29, 0.717) is 11.4 Å². The molecule has 1 amide bonds. The van der Waals surface area contributed by atoms with Gasteiger partial charge in [-0.05, 0) is 38.8 Å². The maximum absolute atomic E-state index is 12.6. The molecule has 0 atom stereocenters. The van der Waals surface area contributed by atoms with Gasteiger partial charge in [0.15, 0.2) is 0 Å². The number of anilines is 2. The van der Waals surface area contributed by atoms with Gasteiger partial charge in [-0.2, -0.15) is 5.10 Å². The monoisotopic (exact) mass is 371 g/mol. The number of nitrogens with one attached hydrogen (secondary N) is 1. The van der Waals surface area contributed by atoms with E-state index in [2.05, 4.69) is 15.3 Å². The van der Waals surface area contributed by atoms with E-state index in [-0.39, 0.29) is 18.1 Å². The number of amides is 1. The molecule has 1 N–H and O–H groups in total. The zero-order chi connectivity index (χ0) is 19.4. The summed E-state index contributed by atoms with van der Waals surface area (Å²) in [6.07, 6.45) is 4.78. The molecular weight excluding hydrogens is 346 g/mol. The average molecular weight is 371 g/mol. The molecule has 27 heavy (non-hydrogen) atoms. The topological polar surface area (TPSA) is 93.3 Å². The maximum atomic E-state index is 12.6. The van der Waals surface area contributed by atoms with Gasteiger partial charge in [0.05, 0.1) is 16.3 Å². The number of hydrogen-bond donors (Lipinski definition) is 1. The van der Waals surface area contributed by atoms with E-state index in [9.17, 15) is 14.9 Å². The van der Waals surface area contributed by atoms with Crippen molar-refractivity contribution in [2.45, 2.75) is 46.1 Å². The van der Waals surface area contributed by atoms with Crippen molar-refractivity contribution in [3.8, 4) is 0 Å². The molecule has 0 saturated carbocycles. The summed E-state index contributed by atoms with van der Waals surface area (Å²) < 4.78 is 1.39. The molecule has 0 spiro atoms. The molecule has 1 aromatic carbocycles. The molecule has 2 heterocycles. The Morgan fingerprint density at radius 2 is 1.85 bits per heavy atom. The number of hydrogen-bond acceptors (Lipinski definition) is 5. The van der Waals surface area contributed by atoms with E-state index in [1.165, 1.54) is 17.5 Å². The number of para-hydroxylation sites is 2. The van der Waals surface area contributed by atoms with E-state index in [4.69, 9.17) is 0 Å². The predicted molar refractivity (Wildman–Crippen MR) is 104 cm³/mol. The molecule has 0 bridgehead atoms. The second-order valence-corrected chi connectivity index (χ2v) is 6.90. The third-order valence-electron chi connectivity index (χ3n) is 4.94. The van der Waals surface area contributed by atoms with Gasteiger partial charge in [0.25, 0.3) is 0 Å². The second kappa shape index (κ2) is 8.20. The highest BCUT2D eigenvalue weighted by molar-refractivity contribution is 5.94. The normalized spacial score (nSPS) is 14.7. The lowest BCUT2D eigenvalue weighted by molar-refractivity contribution is -0.386. The summed E-state index contributed by atoms with van der Waals surface area (Å²) in [7, 11) is 0. The Balaban J connectivity index is 1.75. The fourth-order valence-corrected chi connectivity index (χ4v) is 3.60. The third kappa shape index (κ3) is 4.27. The van der Waals surface area contributed by atoms with E-state index in [0.717, 1.165) is 37.3 Å². The zero-order valence-corrected chi connectivity index (χ0v) is 15.8. The Labute approximate surface area is 158 Å². The first kappa shape index (κ1) is 18.9. The number of benzene rings is 1. The van der Waals surface area contributed by atoms with Crippen LogP contribution in [-0.4, -0.2) is 33.7 Å². The first-order valence-electron chi connectivity index (χ1n) is 9.29. The highest BCUT2D eigenvalue weighted by Crippen LogP contribution is 2.28. The van der Waals surface area contributed by atoms with Crippen LogP contribution in [0, 0.1) is 24.0 Å². The highest BCUT2D eigenvalue weighted by Gasteiger charge is 2.23. The average Bonchev–Trinajstić information content (AvgIpc) is 2.81. The van der Waals surface area contributed by atoms with E-state index in [1.807, 2.05) is 24.3 Å². The minimum Gasteiger partial charge on any atom is -0.370 e. The van der Waals surface area contributed by atoms with Crippen LogP contribution in [-0.2, 0) is 11.3 Å². The SMILES string of the molecule is Cc1nn(CC(=O)Nc2ccccc2N2CCCCCC2)c(C)c1[N+](=O)[O-]. The Kier molecular flexibility index (Phi) is 5.73. The Morgan fingerprint density at radius 1 is 1.19 bits per heavy atom. The quantitative estimate of drug-likeness (QED) is 0.642. The van der Waals surface area contributed by atoms with Crippen LogP contribution in [0.4, 0.5) is 17.1 Å². The molecular formula is C19H25N5O3. The van der Waals surface area contributed by atoms with Crippen LogP contribution in [0.3, 0.4) is 0 Å². The highest BCUT2D eigenvalue weighted by atomic mass is 16.6. The lowest BCUT2D eigenvalue weighted by atomic mass is 10.2. The molecule has 0 aliphatic carbocycles. The van der Waals surface area contributed by atoms with Gasteiger partial charge in [-0.25, -0.2) is 0 Å². The number of carbonyl (C=O) groups is 1. The minimum atomic E-state index is -0.458. The Bertz CT molecular complexity index is 838. The number of carbonyl (C=O) groups excluding carboxylic acids is 1. The zero-order valence-electron chi connectivity index (χ0n) is 15.8. The van der Waals surface area contributed by atoms with Crippen molar-refractivity contribution in [2.75, 3.05) is 23.3 Å². The lowest BCUT2D eigenvalue weighted by Crippen LogP contribution is -2.26. The van der Waals surface area contributed by atoms with Crippen molar-refractivity contribution in [3.63, 3.8) is 0 Å². The van der Waals surface area contributed by atoms with Crippen molar-refractivity contribution in [1.29, 1.82) is 0 Å². The van der Waals surface area contributed by atoms with Gasteiger partial charge in [0.2, 0.25) is 5.91 Å². The smallest absolute Gasteiger partial charge is 0.312 e. The van der Waals surface area contributed by atoms with Gasteiger partial charge in [0, 0.05) is 13.1 Å². The number of nitro groups is 1. The predicted octanol–water partition coefficient (Wildman–Crippen LogP) is 3.43. The standard InChI is InChI=1S/C19H25N5O3/c1-14-19(24(26)27)15(2)23(21-14)13-18(25)20-16-9-5-6-10-17(16)22-11-7-3-4-8-12-22/h5-6,9-10H,3-4,7-8,11-13H2,1-2H3,(H,20,25). The second-order valence-electron chi connectivity index (χ2n) is 6.90. The molecule has 3 rings (SSSR count). The van der Waals surface area contributed by atoms with Crippen LogP contribution in [0.25, 0.3) is 0 Å². The molecule has 1 aliphatic heterocycles. The summed E-state index contributed by atoms with van der Waals surface area (Å²) in [5, 5.41) is 18.2. The molecule has 8 nitrogen and oxygen atoms in total. The number of aromatic nitrogens is 2. The van der Waals surface area contributed by atoms with Crippen LogP contribution in [0.5, 0.6) is 0 Å². The molecule has 144 valence electrons. The van der Waals surface area contributed by atoms with Crippen molar-refractivity contribution in [3.05, 3.63) is 45.8 Å². The van der Waals surface area contributed by atoms with E-state index in [1.54, 1.807) is 13.8 Å². The van der Waals surface area contributed by atoms with Crippen molar-refractivity contribution >= 4 is 23.0 Å². The van der Waals surface area contributed by atoms with Gasteiger partial charge in [-0.15, -0.1) is 0 Å². The molecule has 1 saturated heterocycles. The molecule has 1 aromatic heterocycles. The maximum Gasteiger partial charge on any atom is 0.312 e. The molecule has 1 aliphatic rings. The Hall–Kier alpha value is -2.90. The fraction of sp³-hybridized carbons (Fsp3) is 0.474. The molecule has 1 fully saturated rings. The van der Waals surface area contributed by atoms with Crippen LogP contribution in [0.15, 0.2) is 24.3 Å². The number of rotatable bonds is 5. The summed E-state index contributed by atoms with van der Waals surface area (Å²) in [6, 6.07) is 7.78. The summed E-state index contributed by atoms with van der Waals surface area (Å²) in [6.45, 7) is 5.09. The summed E-state index contributed by atoms with van der Waals surface area (Å²) in [5.74, 6) is -0.252. The summed E-state index contributed by atoms with van der Waals surface area (Å²) in [4.78, 5) is 25.6. The third-order valence-corrected chi connectivity index (χ3v) is 4.94. The molecule has 2 aromatic rings. The summed E-state index contributed by atoms with van der Waals surface area (Å²) in [5.41, 5.74) is 2.45. The van der Waals surface area contributed by atoms with Crippen molar-refractivity contribution in [1.82, 2.24) is 9.78 Å². The lowest BCUT2D eigenvalue weighted by Gasteiger charge is -2.25. The van der Waals surface area contributed by atoms with E-state index < -0.39 is 4.92 Å².